The van der Waals surface area contributed by atoms with Crippen molar-refractivity contribution in [2.24, 2.45) is 5.92 Å². The molecule has 2 N–H and O–H groups in total. The topological polar surface area (TPSA) is 81.8 Å². The van der Waals surface area contributed by atoms with Gasteiger partial charge in [0.2, 0.25) is 11.8 Å². The van der Waals surface area contributed by atoms with Gasteiger partial charge in [-0.3, -0.25) is 24.6 Å². The number of imide groups is 1. The van der Waals surface area contributed by atoms with Crippen LogP contribution in [0.4, 0.5) is 0 Å². The van der Waals surface area contributed by atoms with Crippen molar-refractivity contribution in [1.29, 1.82) is 0 Å². The molecular weight excluding hydrogens is 356 g/mol. The summed E-state index contributed by atoms with van der Waals surface area (Å²) in [6.07, 6.45) is 0.677. The molecule has 2 atom stereocenters. The number of hydrogen-bond donors (Lipinski definition) is 2. The number of rotatable bonds is 4. The first kappa shape index (κ1) is 19.1. The molecule has 28 heavy (non-hydrogen) atoms. The summed E-state index contributed by atoms with van der Waals surface area (Å²) in [5, 5.41) is 5.92. The average molecular weight is 384 g/mol. The highest BCUT2D eigenvalue weighted by atomic mass is 16.2. The maximum Gasteiger partial charge on any atom is 0.255 e. The van der Waals surface area contributed by atoms with E-state index in [0.29, 0.717) is 30.5 Å². The van der Waals surface area contributed by atoms with E-state index in [-0.39, 0.29) is 24.1 Å². The van der Waals surface area contributed by atoms with Crippen molar-refractivity contribution in [1.82, 2.24) is 20.4 Å². The molecule has 0 spiro atoms. The van der Waals surface area contributed by atoms with Crippen molar-refractivity contribution in [3.63, 3.8) is 0 Å². The van der Waals surface area contributed by atoms with Crippen molar-refractivity contribution >= 4 is 17.7 Å². The fraction of sp³-hybridized carbons (Fsp3) is 0.571. The van der Waals surface area contributed by atoms with E-state index in [0.717, 1.165) is 31.7 Å². The van der Waals surface area contributed by atoms with Crippen LogP contribution in [0.5, 0.6) is 0 Å². The number of hydrogen-bond acceptors (Lipinski definition) is 5. The Morgan fingerprint density at radius 3 is 2.79 bits per heavy atom. The van der Waals surface area contributed by atoms with Crippen molar-refractivity contribution in [3.8, 4) is 0 Å². The van der Waals surface area contributed by atoms with Gasteiger partial charge in [0.25, 0.3) is 5.91 Å². The molecule has 0 bridgehead atoms. The first-order valence-electron chi connectivity index (χ1n) is 10.1. The van der Waals surface area contributed by atoms with Crippen LogP contribution >= 0.6 is 0 Å². The number of carbonyl (C=O) groups excluding carboxylic acids is 3. The van der Waals surface area contributed by atoms with E-state index in [1.165, 1.54) is 5.56 Å². The van der Waals surface area contributed by atoms with Crippen LogP contribution in [0.15, 0.2) is 18.2 Å². The fourth-order valence-corrected chi connectivity index (χ4v) is 4.42. The third-order valence-electron chi connectivity index (χ3n) is 6.09. The molecule has 3 amide bonds. The molecule has 0 radical (unpaired) electrons. The van der Waals surface area contributed by atoms with Crippen LogP contribution in [0.2, 0.25) is 0 Å². The summed E-state index contributed by atoms with van der Waals surface area (Å²) < 4.78 is 0. The molecular formula is C21H28N4O3. The van der Waals surface area contributed by atoms with Crippen molar-refractivity contribution < 1.29 is 14.4 Å². The lowest BCUT2D eigenvalue weighted by molar-refractivity contribution is -0.136. The Labute approximate surface area is 165 Å². The van der Waals surface area contributed by atoms with Crippen molar-refractivity contribution in [2.45, 2.75) is 51.9 Å². The number of carbonyl (C=O) groups is 3. The van der Waals surface area contributed by atoms with E-state index in [1.54, 1.807) is 4.90 Å². The minimum absolute atomic E-state index is 0.113. The molecule has 3 aliphatic rings. The van der Waals surface area contributed by atoms with Gasteiger partial charge >= 0.3 is 0 Å². The Bertz CT molecular complexity index is 807. The Balaban J connectivity index is 1.45. The number of fused-ring (bicyclic) bond motifs is 1. The van der Waals surface area contributed by atoms with Crippen LogP contribution in [-0.4, -0.2) is 59.2 Å². The zero-order valence-corrected chi connectivity index (χ0v) is 16.5. The average Bonchev–Trinajstić information content (AvgIpc) is 2.98. The molecule has 0 aliphatic carbocycles. The van der Waals surface area contributed by atoms with E-state index in [1.807, 2.05) is 12.1 Å². The maximum absolute atomic E-state index is 12.8. The highest BCUT2D eigenvalue weighted by Crippen LogP contribution is 2.28. The van der Waals surface area contributed by atoms with Crippen LogP contribution < -0.4 is 10.6 Å². The van der Waals surface area contributed by atoms with E-state index in [4.69, 9.17) is 0 Å². The Hall–Kier alpha value is -2.25. The lowest BCUT2D eigenvalue weighted by Gasteiger charge is -2.35. The van der Waals surface area contributed by atoms with Crippen molar-refractivity contribution in [3.05, 3.63) is 34.9 Å². The van der Waals surface area contributed by atoms with Gasteiger partial charge in [0.15, 0.2) is 0 Å². The van der Waals surface area contributed by atoms with Gasteiger partial charge in [-0.15, -0.1) is 0 Å². The second-order valence-corrected chi connectivity index (χ2v) is 8.43. The second kappa shape index (κ2) is 7.64. The predicted octanol–water partition coefficient (Wildman–Crippen LogP) is 0.877. The van der Waals surface area contributed by atoms with Gasteiger partial charge in [0.05, 0.1) is 0 Å². The molecule has 4 rings (SSSR count). The Morgan fingerprint density at radius 2 is 2.04 bits per heavy atom. The van der Waals surface area contributed by atoms with Crippen LogP contribution in [-0.2, 0) is 22.7 Å². The molecule has 3 aliphatic heterocycles. The first-order valence-corrected chi connectivity index (χ1v) is 10.1. The molecule has 0 aromatic heterocycles. The number of benzene rings is 1. The largest absolute Gasteiger partial charge is 0.322 e. The number of nitrogens with one attached hydrogen (secondary N) is 2. The summed E-state index contributed by atoms with van der Waals surface area (Å²) in [4.78, 5) is 40.4. The zero-order chi connectivity index (χ0) is 19.8. The number of piperazine rings is 1. The van der Waals surface area contributed by atoms with E-state index in [9.17, 15) is 14.4 Å². The predicted molar refractivity (Wildman–Crippen MR) is 104 cm³/mol. The summed E-state index contributed by atoms with van der Waals surface area (Å²) in [6.45, 7) is 8.82. The summed E-state index contributed by atoms with van der Waals surface area (Å²) in [5.74, 6) is -0.137. The fourth-order valence-electron chi connectivity index (χ4n) is 4.42. The third kappa shape index (κ3) is 3.69. The second-order valence-electron chi connectivity index (χ2n) is 8.43. The molecule has 3 heterocycles. The summed E-state index contributed by atoms with van der Waals surface area (Å²) in [6, 6.07) is 5.97. The van der Waals surface area contributed by atoms with Gasteiger partial charge in [0.1, 0.15) is 6.04 Å². The summed E-state index contributed by atoms with van der Waals surface area (Å²) >= 11 is 0. The molecule has 0 saturated carbocycles. The minimum atomic E-state index is -0.555. The van der Waals surface area contributed by atoms with Gasteiger partial charge in [-0.05, 0) is 29.5 Å². The van der Waals surface area contributed by atoms with Crippen LogP contribution in [0.3, 0.4) is 0 Å². The molecule has 1 aromatic rings. The molecule has 150 valence electrons. The van der Waals surface area contributed by atoms with Crippen LogP contribution in [0.1, 0.15) is 48.2 Å². The SMILES string of the molecule is CC(C)[C@H]1CN(Cc2ccc3c(c2)CN(C2CCC(=O)NC2=O)C3=O)CCN1. The summed E-state index contributed by atoms with van der Waals surface area (Å²) in [5.41, 5.74) is 2.85. The van der Waals surface area contributed by atoms with Gasteiger partial charge < -0.3 is 10.2 Å². The molecule has 2 fully saturated rings. The smallest absolute Gasteiger partial charge is 0.255 e. The highest BCUT2D eigenvalue weighted by molar-refractivity contribution is 6.05. The van der Waals surface area contributed by atoms with Gasteiger partial charge in [-0.25, -0.2) is 0 Å². The molecule has 2 saturated heterocycles. The van der Waals surface area contributed by atoms with Gasteiger partial charge in [-0.1, -0.05) is 26.0 Å². The zero-order valence-electron chi connectivity index (χ0n) is 16.5. The molecule has 7 nitrogen and oxygen atoms in total. The standard InChI is InChI=1S/C21H28N4O3/c1-13(2)17-12-24(8-7-22-17)10-14-3-4-16-15(9-14)11-25(21(16)28)18-5-6-19(26)23-20(18)27/h3-4,9,13,17-18,22H,5-8,10-12H2,1-2H3,(H,23,26,27)/t17-,18?/m1/s1. The molecule has 7 heteroatoms. The molecule has 1 aromatic carbocycles. The lowest BCUT2D eigenvalue weighted by Crippen LogP contribution is -2.52. The van der Waals surface area contributed by atoms with Gasteiger partial charge in [-0.2, -0.15) is 0 Å². The van der Waals surface area contributed by atoms with Gasteiger partial charge in [0, 0.05) is 50.7 Å². The van der Waals surface area contributed by atoms with Crippen molar-refractivity contribution in [2.75, 3.05) is 19.6 Å². The van der Waals surface area contributed by atoms with E-state index >= 15 is 0 Å². The van der Waals surface area contributed by atoms with E-state index in [2.05, 4.69) is 35.4 Å². The highest BCUT2D eigenvalue weighted by Gasteiger charge is 2.39. The Morgan fingerprint density at radius 1 is 1.21 bits per heavy atom. The van der Waals surface area contributed by atoms with Crippen LogP contribution in [0.25, 0.3) is 0 Å². The number of piperidine rings is 1. The Kier molecular flexibility index (Phi) is 5.21. The number of nitrogens with zero attached hydrogens (tertiary/aromatic N) is 2. The van der Waals surface area contributed by atoms with E-state index < -0.39 is 6.04 Å². The minimum Gasteiger partial charge on any atom is -0.322 e. The molecule has 1 unspecified atom stereocenters. The first-order chi connectivity index (χ1) is 13.4. The lowest BCUT2D eigenvalue weighted by atomic mass is 10.0. The van der Waals surface area contributed by atoms with Crippen LogP contribution in [0, 0.1) is 5.92 Å². The quantitative estimate of drug-likeness (QED) is 0.753. The third-order valence-corrected chi connectivity index (χ3v) is 6.09. The summed E-state index contributed by atoms with van der Waals surface area (Å²) in [7, 11) is 0. The number of amides is 3. The maximum atomic E-state index is 12.8. The normalized spacial score (nSPS) is 26.0. The monoisotopic (exact) mass is 384 g/mol.